The SMILES string of the molecule is CC1(O)CCCN(C(=O)CC2CC2)CC1. The maximum atomic E-state index is 11.9. The summed E-state index contributed by atoms with van der Waals surface area (Å²) in [7, 11) is 0. The molecule has 2 aliphatic rings. The van der Waals surface area contributed by atoms with Gasteiger partial charge in [0, 0.05) is 19.5 Å². The average molecular weight is 211 g/mol. The minimum Gasteiger partial charge on any atom is -0.390 e. The van der Waals surface area contributed by atoms with Gasteiger partial charge in [-0.15, -0.1) is 0 Å². The summed E-state index contributed by atoms with van der Waals surface area (Å²) >= 11 is 0. The summed E-state index contributed by atoms with van der Waals surface area (Å²) in [6, 6.07) is 0. The lowest BCUT2D eigenvalue weighted by atomic mass is 9.98. The van der Waals surface area contributed by atoms with Crippen LogP contribution in [0.1, 0.15) is 45.4 Å². The summed E-state index contributed by atoms with van der Waals surface area (Å²) in [5, 5.41) is 9.91. The second-order valence-electron chi connectivity index (χ2n) is 5.38. The highest BCUT2D eigenvalue weighted by Crippen LogP contribution is 2.33. The first-order valence-electron chi connectivity index (χ1n) is 6.07. The van der Waals surface area contributed by atoms with E-state index in [1.807, 2.05) is 11.8 Å². The Kier molecular flexibility index (Phi) is 3.01. The number of likely N-dealkylation sites (tertiary alicyclic amines) is 1. The van der Waals surface area contributed by atoms with Gasteiger partial charge in [0.2, 0.25) is 5.91 Å². The molecule has 1 aliphatic carbocycles. The largest absolute Gasteiger partial charge is 0.390 e. The van der Waals surface area contributed by atoms with Crippen LogP contribution in [0, 0.1) is 5.92 Å². The third kappa shape index (κ3) is 3.20. The van der Waals surface area contributed by atoms with E-state index in [4.69, 9.17) is 0 Å². The predicted octanol–water partition coefficient (Wildman–Crippen LogP) is 1.55. The summed E-state index contributed by atoms with van der Waals surface area (Å²) in [6.07, 6.45) is 5.68. The highest BCUT2D eigenvalue weighted by molar-refractivity contribution is 5.76. The second kappa shape index (κ2) is 4.12. The second-order valence-corrected chi connectivity index (χ2v) is 5.38. The van der Waals surface area contributed by atoms with Gasteiger partial charge in [0.15, 0.2) is 0 Å². The van der Waals surface area contributed by atoms with Gasteiger partial charge in [-0.3, -0.25) is 4.79 Å². The van der Waals surface area contributed by atoms with E-state index in [2.05, 4.69) is 0 Å². The predicted molar refractivity (Wildman–Crippen MR) is 58.4 cm³/mol. The van der Waals surface area contributed by atoms with E-state index in [-0.39, 0.29) is 0 Å². The van der Waals surface area contributed by atoms with Gasteiger partial charge in [-0.2, -0.15) is 0 Å². The molecular weight excluding hydrogens is 190 g/mol. The first-order valence-corrected chi connectivity index (χ1v) is 6.07. The van der Waals surface area contributed by atoms with Gasteiger partial charge < -0.3 is 10.0 Å². The Morgan fingerprint density at radius 1 is 1.40 bits per heavy atom. The standard InChI is InChI=1S/C12H21NO2/c1-12(15)5-2-7-13(8-6-12)11(14)9-10-3-4-10/h10,15H,2-9H2,1H3. The number of rotatable bonds is 2. The van der Waals surface area contributed by atoms with E-state index < -0.39 is 5.60 Å². The van der Waals surface area contributed by atoms with E-state index >= 15 is 0 Å². The van der Waals surface area contributed by atoms with Crippen LogP contribution in [0.5, 0.6) is 0 Å². The quantitative estimate of drug-likeness (QED) is 0.753. The molecule has 0 aromatic rings. The Bertz CT molecular complexity index is 246. The molecule has 0 aromatic carbocycles. The first kappa shape index (κ1) is 10.9. The van der Waals surface area contributed by atoms with Gasteiger partial charge in [0.25, 0.3) is 0 Å². The summed E-state index contributed by atoms with van der Waals surface area (Å²) < 4.78 is 0. The number of carbonyl (C=O) groups is 1. The van der Waals surface area contributed by atoms with Crippen LogP contribution in [-0.2, 0) is 4.79 Å². The number of amides is 1. The molecule has 1 saturated heterocycles. The van der Waals surface area contributed by atoms with Crippen molar-refractivity contribution in [3.05, 3.63) is 0 Å². The Morgan fingerprint density at radius 2 is 2.13 bits per heavy atom. The normalized spacial score (nSPS) is 32.5. The fourth-order valence-electron chi connectivity index (χ4n) is 2.21. The zero-order valence-corrected chi connectivity index (χ0v) is 9.54. The molecule has 1 unspecified atom stereocenters. The molecular formula is C12H21NO2. The highest BCUT2D eigenvalue weighted by Gasteiger charge is 2.30. The van der Waals surface area contributed by atoms with Gasteiger partial charge >= 0.3 is 0 Å². The topological polar surface area (TPSA) is 40.5 Å². The Hall–Kier alpha value is -0.570. The Labute approximate surface area is 91.5 Å². The minimum absolute atomic E-state index is 0.301. The van der Waals surface area contributed by atoms with E-state index in [9.17, 15) is 9.90 Å². The number of carbonyl (C=O) groups excluding carboxylic acids is 1. The monoisotopic (exact) mass is 211 g/mol. The molecule has 0 spiro atoms. The molecule has 86 valence electrons. The highest BCUT2D eigenvalue weighted by atomic mass is 16.3. The molecule has 1 aliphatic heterocycles. The fourth-order valence-corrected chi connectivity index (χ4v) is 2.21. The first-order chi connectivity index (χ1) is 7.07. The van der Waals surface area contributed by atoms with Crippen molar-refractivity contribution >= 4 is 5.91 Å². The van der Waals surface area contributed by atoms with Crippen molar-refractivity contribution in [2.24, 2.45) is 5.92 Å². The molecule has 0 bridgehead atoms. The summed E-state index contributed by atoms with van der Waals surface area (Å²) in [4.78, 5) is 13.8. The molecule has 1 amide bonds. The zero-order valence-electron chi connectivity index (χ0n) is 9.54. The van der Waals surface area contributed by atoms with Crippen molar-refractivity contribution in [2.75, 3.05) is 13.1 Å². The van der Waals surface area contributed by atoms with Gasteiger partial charge in [-0.1, -0.05) is 0 Å². The molecule has 1 N–H and O–H groups in total. The van der Waals surface area contributed by atoms with Crippen LogP contribution in [0.25, 0.3) is 0 Å². The van der Waals surface area contributed by atoms with Gasteiger partial charge in [-0.25, -0.2) is 0 Å². The molecule has 2 fully saturated rings. The van der Waals surface area contributed by atoms with Crippen LogP contribution in [0.3, 0.4) is 0 Å². The van der Waals surface area contributed by atoms with Crippen molar-refractivity contribution < 1.29 is 9.90 Å². The van der Waals surface area contributed by atoms with Crippen molar-refractivity contribution in [3.8, 4) is 0 Å². The van der Waals surface area contributed by atoms with Gasteiger partial charge in [0.05, 0.1) is 5.60 Å². The van der Waals surface area contributed by atoms with Gasteiger partial charge in [-0.05, 0) is 44.9 Å². The maximum Gasteiger partial charge on any atom is 0.222 e. The third-order valence-electron chi connectivity index (χ3n) is 3.58. The van der Waals surface area contributed by atoms with Crippen LogP contribution in [0.2, 0.25) is 0 Å². The smallest absolute Gasteiger partial charge is 0.222 e. The zero-order chi connectivity index (χ0) is 10.9. The fraction of sp³-hybridized carbons (Fsp3) is 0.917. The lowest BCUT2D eigenvalue weighted by Crippen LogP contribution is -2.33. The average Bonchev–Trinajstić information content (AvgIpc) is 2.93. The van der Waals surface area contributed by atoms with Crippen LogP contribution < -0.4 is 0 Å². The van der Waals surface area contributed by atoms with Crippen molar-refractivity contribution in [1.29, 1.82) is 0 Å². The number of hydrogen-bond donors (Lipinski definition) is 1. The van der Waals surface area contributed by atoms with Crippen LogP contribution in [0.15, 0.2) is 0 Å². The molecule has 3 heteroatoms. The van der Waals surface area contributed by atoms with Crippen molar-refractivity contribution in [3.63, 3.8) is 0 Å². The van der Waals surface area contributed by atoms with Crippen molar-refractivity contribution in [1.82, 2.24) is 4.90 Å². The summed E-state index contributed by atoms with van der Waals surface area (Å²) in [5.41, 5.74) is -0.561. The molecule has 2 rings (SSSR count). The molecule has 0 radical (unpaired) electrons. The van der Waals surface area contributed by atoms with E-state index in [1.165, 1.54) is 12.8 Å². The lowest BCUT2D eigenvalue weighted by molar-refractivity contribution is -0.131. The van der Waals surface area contributed by atoms with Crippen LogP contribution >= 0.6 is 0 Å². The number of aliphatic hydroxyl groups is 1. The number of hydrogen-bond acceptors (Lipinski definition) is 2. The lowest BCUT2D eigenvalue weighted by Gasteiger charge is -2.22. The van der Waals surface area contributed by atoms with Crippen molar-refractivity contribution in [2.45, 2.75) is 51.0 Å². The van der Waals surface area contributed by atoms with Crippen LogP contribution in [-0.4, -0.2) is 34.6 Å². The third-order valence-corrected chi connectivity index (χ3v) is 3.58. The molecule has 0 aromatic heterocycles. The molecule has 15 heavy (non-hydrogen) atoms. The van der Waals surface area contributed by atoms with E-state index in [0.29, 0.717) is 11.8 Å². The molecule has 1 atom stereocenters. The van der Waals surface area contributed by atoms with Crippen LogP contribution in [0.4, 0.5) is 0 Å². The number of nitrogens with zero attached hydrogens (tertiary/aromatic N) is 1. The maximum absolute atomic E-state index is 11.9. The van der Waals surface area contributed by atoms with Gasteiger partial charge in [0.1, 0.15) is 0 Å². The molecule has 1 heterocycles. The molecule has 3 nitrogen and oxygen atoms in total. The van der Waals surface area contributed by atoms with E-state index in [1.54, 1.807) is 0 Å². The molecule has 1 saturated carbocycles. The Morgan fingerprint density at radius 3 is 2.80 bits per heavy atom. The summed E-state index contributed by atoms with van der Waals surface area (Å²) in [5.74, 6) is 0.969. The summed E-state index contributed by atoms with van der Waals surface area (Å²) in [6.45, 7) is 3.45. The Balaban J connectivity index is 1.84. The van der Waals surface area contributed by atoms with E-state index in [0.717, 1.165) is 38.8 Å². The minimum atomic E-state index is -0.561.